The van der Waals surface area contributed by atoms with Gasteiger partial charge in [-0.1, -0.05) is 37.6 Å². The van der Waals surface area contributed by atoms with E-state index in [1.807, 2.05) is 24.3 Å². The van der Waals surface area contributed by atoms with E-state index in [1.165, 1.54) is 24.0 Å². The van der Waals surface area contributed by atoms with Gasteiger partial charge in [-0.3, -0.25) is 4.79 Å². The van der Waals surface area contributed by atoms with E-state index in [0.717, 1.165) is 29.8 Å². The summed E-state index contributed by atoms with van der Waals surface area (Å²) < 4.78 is 0. The predicted molar refractivity (Wildman–Crippen MR) is 110 cm³/mol. The summed E-state index contributed by atoms with van der Waals surface area (Å²) in [6, 6.07) is 25.0. The number of anilines is 3. The first kappa shape index (κ1) is 17.9. The normalized spacial score (nSPS) is 10.5. The van der Waals surface area contributed by atoms with Crippen LogP contribution in [-0.4, -0.2) is 6.29 Å². The third-order valence-corrected chi connectivity index (χ3v) is 4.56. The van der Waals surface area contributed by atoms with E-state index in [-0.39, 0.29) is 0 Å². The molecule has 0 saturated carbocycles. The van der Waals surface area contributed by atoms with Crippen LogP contribution in [0.1, 0.15) is 41.3 Å². The van der Waals surface area contributed by atoms with Gasteiger partial charge in [-0.25, -0.2) is 0 Å². The van der Waals surface area contributed by atoms with E-state index in [9.17, 15) is 4.79 Å². The molecule has 132 valence electrons. The van der Waals surface area contributed by atoms with Gasteiger partial charge in [0.05, 0.1) is 0 Å². The Bertz CT molecular complexity index is 850. The first-order valence-electron chi connectivity index (χ1n) is 9.22. The van der Waals surface area contributed by atoms with Gasteiger partial charge in [0, 0.05) is 22.6 Å². The molecule has 0 fully saturated rings. The average molecular weight is 343 g/mol. The minimum Gasteiger partial charge on any atom is -0.310 e. The van der Waals surface area contributed by atoms with Crippen LogP contribution >= 0.6 is 0 Å². The van der Waals surface area contributed by atoms with Crippen LogP contribution in [0.3, 0.4) is 0 Å². The maximum absolute atomic E-state index is 11.0. The maximum atomic E-state index is 11.0. The van der Waals surface area contributed by atoms with Gasteiger partial charge in [-0.2, -0.15) is 0 Å². The Morgan fingerprint density at radius 2 is 1.50 bits per heavy atom. The summed E-state index contributed by atoms with van der Waals surface area (Å²) in [5, 5.41) is 0. The molecule has 0 amide bonds. The van der Waals surface area contributed by atoms with Crippen LogP contribution in [0.5, 0.6) is 0 Å². The van der Waals surface area contributed by atoms with Crippen molar-refractivity contribution in [2.75, 3.05) is 4.90 Å². The predicted octanol–water partition coefficient (Wildman–Crippen LogP) is 6.62. The molecule has 26 heavy (non-hydrogen) atoms. The number of hydrogen-bond acceptors (Lipinski definition) is 2. The molecule has 0 aliphatic heterocycles. The second kappa shape index (κ2) is 8.48. The number of carbonyl (C=O) groups is 1. The summed E-state index contributed by atoms with van der Waals surface area (Å²) in [7, 11) is 0. The highest BCUT2D eigenvalue weighted by Gasteiger charge is 2.12. The van der Waals surface area contributed by atoms with Crippen molar-refractivity contribution in [3.05, 3.63) is 89.5 Å². The van der Waals surface area contributed by atoms with E-state index in [1.54, 1.807) is 0 Å². The number of unbranched alkanes of at least 4 members (excludes halogenated alkanes) is 1. The van der Waals surface area contributed by atoms with Gasteiger partial charge in [0.2, 0.25) is 0 Å². The third-order valence-electron chi connectivity index (χ3n) is 4.56. The van der Waals surface area contributed by atoms with Gasteiger partial charge in [-0.15, -0.1) is 0 Å². The van der Waals surface area contributed by atoms with Crippen LogP contribution in [0, 0.1) is 6.92 Å². The van der Waals surface area contributed by atoms with Crippen molar-refractivity contribution in [3.63, 3.8) is 0 Å². The zero-order chi connectivity index (χ0) is 18.4. The number of carbonyl (C=O) groups excluding carboxylic acids is 1. The molecule has 0 atom stereocenters. The standard InChI is InChI=1S/C24H25NO/c1-3-4-7-20-9-13-22(14-10-20)25(24-8-5-6-19(2)17-24)23-15-11-21(18-26)12-16-23/h5-6,8-18H,3-4,7H2,1-2H3. The number of rotatable bonds is 7. The van der Waals surface area contributed by atoms with Crippen molar-refractivity contribution in [3.8, 4) is 0 Å². The Morgan fingerprint density at radius 3 is 2.08 bits per heavy atom. The SMILES string of the molecule is CCCCc1ccc(N(c2ccc(C=O)cc2)c2cccc(C)c2)cc1. The highest BCUT2D eigenvalue weighted by Crippen LogP contribution is 2.35. The molecule has 3 aromatic carbocycles. The lowest BCUT2D eigenvalue weighted by Crippen LogP contribution is -2.10. The Balaban J connectivity index is 2.00. The van der Waals surface area contributed by atoms with Gasteiger partial charge in [0.15, 0.2) is 0 Å². The Hall–Kier alpha value is -2.87. The van der Waals surface area contributed by atoms with Crippen molar-refractivity contribution >= 4 is 23.3 Å². The van der Waals surface area contributed by atoms with E-state index >= 15 is 0 Å². The Kier molecular flexibility index (Phi) is 5.85. The molecule has 3 aromatic rings. The van der Waals surface area contributed by atoms with Crippen molar-refractivity contribution in [2.45, 2.75) is 33.1 Å². The van der Waals surface area contributed by atoms with Crippen LogP contribution in [0.15, 0.2) is 72.8 Å². The fraction of sp³-hybridized carbons (Fsp3) is 0.208. The monoisotopic (exact) mass is 343 g/mol. The molecular formula is C24H25NO. The first-order valence-corrected chi connectivity index (χ1v) is 9.22. The fourth-order valence-electron chi connectivity index (χ4n) is 3.11. The number of aryl methyl sites for hydroxylation is 2. The van der Waals surface area contributed by atoms with Gasteiger partial charge < -0.3 is 4.90 Å². The molecule has 0 N–H and O–H groups in total. The molecule has 0 unspecified atom stereocenters. The molecule has 3 rings (SSSR count). The Morgan fingerprint density at radius 1 is 0.846 bits per heavy atom. The first-order chi connectivity index (χ1) is 12.7. The van der Waals surface area contributed by atoms with E-state index in [2.05, 4.69) is 67.3 Å². The number of nitrogens with zero attached hydrogens (tertiary/aromatic N) is 1. The minimum atomic E-state index is 0.688. The molecule has 0 heterocycles. The largest absolute Gasteiger partial charge is 0.310 e. The van der Waals surface area contributed by atoms with Crippen molar-refractivity contribution < 1.29 is 4.79 Å². The smallest absolute Gasteiger partial charge is 0.150 e. The zero-order valence-corrected chi connectivity index (χ0v) is 15.5. The molecule has 0 radical (unpaired) electrons. The van der Waals surface area contributed by atoms with Crippen molar-refractivity contribution in [1.29, 1.82) is 0 Å². The lowest BCUT2D eigenvalue weighted by molar-refractivity contribution is 0.112. The maximum Gasteiger partial charge on any atom is 0.150 e. The molecule has 2 heteroatoms. The molecular weight excluding hydrogens is 318 g/mol. The van der Waals surface area contributed by atoms with Crippen LogP contribution in [-0.2, 0) is 6.42 Å². The lowest BCUT2D eigenvalue weighted by atomic mass is 10.1. The minimum absolute atomic E-state index is 0.688. The number of benzene rings is 3. The second-order valence-electron chi connectivity index (χ2n) is 6.65. The molecule has 2 nitrogen and oxygen atoms in total. The lowest BCUT2D eigenvalue weighted by Gasteiger charge is -2.26. The van der Waals surface area contributed by atoms with Crippen molar-refractivity contribution in [2.24, 2.45) is 0 Å². The number of hydrogen-bond donors (Lipinski definition) is 0. The topological polar surface area (TPSA) is 20.3 Å². The van der Waals surface area contributed by atoms with Crippen LogP contribution < -0.4 is 4.90 Å². The molecule has 0 aliphatic rings. The van der Waals surface area contributed by atoms with Gasteiger partial charge in [-0.05, 0) is 79.4 Å². The molecule has 0 aromatic heterocycles. The summed E-state index contributed by atoms with van der Waals surface area (Å²) in [5.74, 6) is 0. The van der Waals surface area contributed by atoms with Gasteiger partial charge >= 0.3 is 0 Å². The average Bonchev–Trinajstić information content (AvgIpc) is 2.68. The molecule has 0 spiro atoms. The van der Waals surface area contributed by atoms with Gasteiger partial charge in [0.25, 0.3) is 0 Å². The summed E-state index contributed by atoms with van der Waals surface area (Å²) in [6.07, 6.45) is 4.42. The van der Waals surface area contributed by atoms with Gasteiger partial charge in [0.1, 0.15) is 6.29 Å². The molecule has 0 saturated heterocycles. The third kappa shape index (κ3) is 4.20. The summed E-state index contributed by atoms with van der Waals surface area (Å²) in [5.41, 5.74) is 6.56. The zero-order valence-electron chi connectivity index (χ0n) is 15.5. The second-order valence-corrected chi connectivity index (χ2v) is 6.65. The molecule has 0 aliphatic carbocycles. The van der Waals surface area contributed by atoms with E-state index in [0.29, 0.717) is 5.56 Å². The summed E-state index contributed by atoms with van der Waals surface area (Å²) in [6.45, 7) is 4.32. The van der Waals surface area contributed by atoms with Crippen LogP contribution in [0.4, 0.5) is 17.1 Å². The van der Waals surface area contributed by atoms with Crippen molar-refractivity contribution in [1.82, 2.24) is 0 Å². The highest BCUT2D eigenvalue weighted by atomic mass is 16.1. The number of aldehydes is 1. The van der Waals surface area contributed by atoms with E-state index < -0.39 is 0 Å². The quantitative estimate of drug-likeness (QED) is 0.449. The van der Waals surface area contributed by atoms with E-state index in [4.69, 9.17) is 0 Å². The fourth-order valence-corrected chi connectivity index (χ4v) is 3.11. The summed E-state index contributed by atoms with van der Waals surface area (Å²) >= 11 is 0. The molecule has 0 bridgehead atoms. The summed E-state index contributed by atoms with van der Waals surface area (Å²) in [4.78, 5) is 13.2. The Labute approximate surface area is 156 Å². The van der Waals surface area contributed by atoms with Crippen LogP contribution in [0.25, 0.3) is 0 Å². The highest BCUT2D eigenvalue weighted by molar-refractivity contribution is 5.80. The van der Waals surface area contributed by atoms with Crippen LogP contribution in [0.2, 0.25) is 0 Å².